The van der Waals surface area contributed by atoms with Crippen LogP contribution < -0.4 is 15.8 Å². The highest BCUT2D eigenvalue weighted by Crippen LogP contribution is 2.32. The summed E-state index contributed by atoms with van der Waals surface area (Å²) in [5.41, 5.74) is 7.11. The van der Waals surface area contributed by atoms with E-state index in [2.05, 4.69) is 5.32 Å². The third-order valence-electron chi connectivity index (χ3n) is 3.97. The van der Waals surface area contributed by atoms with Crippen molar-refractivity contribution in [3.05, 3.63) is 59.4 Å². The molecule has 23 heavy (non-hydrogen) atoms. The van der Waals surface area contributed by atoms with Gasteiger partial charge in [-0.25, -0.2) is 4.39 Å². The van der Waals surface area contributed by atoms with Gasteiger partial charge in [0.05, 0.1) is 5.54 Å². The minimum atomic E-state index is -0.652. The Kier molecular flexibility index (Phi) is 4.05. The van der Waals surface area contributed by atoms with Crippen molar-refractivity contribution >= 4 is 5.91 Å². The molecule has 0 aliphatic heterocycles. The average Bonchev–Trinajstić information content (AvgIpc) is 3.28. The van der Waals surface area contributed by atoms with Gasteiger partial charge in [0.1, 0.15) is 17.3 Å². The molecule has 0 unspecified atom stereocenters. The lowest BCUT2D eigenvalue weighted by molar-refractivity contribution is -0.123. The van der Waals surface area contributed by atoms with E-state index < -0.39 is 5.54 Å². The molecule has 0 saturated heterocycles. The molecule has 3 rings (SSSR count). The summed E-state index contributed by atoms with van der Waals surface area (Å²) in [5.74, 6) is 0.883. The fourth-order valence-corrected chi connectivity index (χ4v) is 2.29. The van der Waals surface area contributed by atoms with Gasteiger partial charge in [0.25, 0.3) is 0 Å². The summed E-state index contributed by atoms with van der Waals surface area (Å²) in [5, 5.41) is 2.86. The first-order valence-electron chi connectivity index (χ1n) is 7.56. The van der Waals surface area contributed by atoms with Crippen LogP contribution in [0.1, 0.15) is 24.0 Å². The van der Waals surface area contributed by atoms with Crippen LogP contribution in [0.4, 0.5) is 4.39 Å². The first-order chi connectivity index (χ1) is 11.0. The minimum absolute atomic E-state index is 0.0956. The van der Waals surface area contributed by atoms with E-state index >= 15 is 0 Å². The third-order valence-corrected chi connectivity index (χ3v) is 3.97. The van der Waals surface area contributed by atoms with Crippen LogP contribution in [-0.4, -0.2) is 11.4 Å². The average molecular weight is 314 g/mol. The zero-order chi connectivity index (χ0) is 16.4. The van der Waals surface area contributed by atoms with Gasteiger partial charge in [-0.3, -0.25) is 4.79 Å². The number of amides is 1. The maximum atomic E-state index is 12.9. The maximum absolute atomic E-state index is 12.9. The maximum Gasteiger partial charge on any atom is 0.240 e. The lowest BCUT2D eigenvalue weighted by Crippen LogP contribution is -2.42. The molecule has 1 aliphatic rings. The number of carbonyl (C=O) groups is 1. The van der Waals surface area contributed by atoms with Crippen LogP contribution in [-0.2, 0) is 11.3 Å². The van der Waals surface area contributed by atoms with Crippen molar-refractivity contribution in [2.24, 2.45) is 5.73 Å². The molecule has 1 fully saturated rings. The number of hydrogen-bond acceptors (Lipinski definition) is 3. The number of hydrogen-bond donors (Lipinski definition) is 2. The molecule has 0 aromatic heterocycles. The topological polar surface area (TPSA) is 64.4 Å². The van der Waals surface area contributed by atoms with Crippen LogP contribution in [0.2, 0.25) is 0 Å². The number of carbonyl (C=O) groups excluding carboxylic acids is 1. The Balaban J connectivity index is 1.63. The highest BCUT2D eigenvalue weighted by atomic mass is 19.1. The summed E-state index contributed by atoms with van der Waals surface area (Å²) in [4.78, 5) is 11.8. The SMILES string of the molecule is Cc1cc(CNC(=O)C2(N)CC2)ccc1Oc1ccc(F)cc1. The summed E-state index contributed by atoms with van der Waals surface area (Å²) in [6.07, 6.45) is 1.50. The molecule has 0 radical (unpaired) electrons. The monoisotopic (exact) mass is 314 g/mol. The van der Waals surface area contributed by atoms with Crippen LogP contribution in [0.5, 0.6) is 11.5 Å². The van der Waals surface area contributed by atoms with Crippen molar-refractivity contribution in [2.45, 2.75) is 31.8 Å². The Hall–Kier alpha value is -2.40. The van der Waals surface area contributed by atoms with E-state index in [4.69, 9.17) is 10.5 Å². The second-order valence-corrected chi connectivity index (χ2v) is 5.99. The second-order valence-electron chi connectivity index (χ2n) is 5.99. The highest BCUT2D eigenvalue weighted by Gasteiger charge is 2.45. The Bertz CT molecular complexity index is 724. The van der Waals surface area contributed by atoms with E-state index in [0.717, 1.165) is 24.0 Å². The fraction of sp³-hybridized carbons (Fsp3) is 0.278. The number of benzene rings is 2. The number of rotatable bonds is 5. The van der Waals surface area contributed by atoms with Crippen LogP contribution in [0.15, 0.2) is 42.5 Å². The Morgan fingerprint density at radius 1 is 1.26 bits per heavy atom. The van der Waals surface area contributed by atoms with Crippen molar-refractivity contribution in [1.82, 2.24) is 5.32 Å². The summed E-state index contributed by atoms with van der Waals surface area (Å²) >= 11 is 0. The van der Waals surface area contributed by atoms with Crippen molar-refractivity contribution in [3.63, 3.8) is 0 Å². The number of ether oxygens (including phenoxy) is 1. The van der Waals surface area contributed by atoms with E-state index in [1.165, 1.54) is 12.1 Å². The molecule has 2 aromatic rings. The standard InChI is InChI=1S/C18H19FN2O2/c1-12-10-13(11-21-17(22)18(20)8-9-18)2-7-16(12)23-15-5-3-14(19)4-6-15/h2-7,10H,8-9,11,20H2,1H3,(H,21,22). The molecule has 1 aliphatic carbocycles. The van der Waals surface area contributed by atoms with Gasteiger partial charge in [-0.05, 0) is 61.2 Å². The van der Waals surface area contributed by atoms with Gasteiger partial charge in [0, 0.05) is 6.54 Å². The number of nitrogens with one attached hydrogen (secondary N) is 1. The van der Waals surface area contributed by atoms with E-state index in [1.54, 1.807) is 12.1 Å². The van der Waals surface area contributed by atoms with Gasteiger partial charge >= 0.3 is 0 Å². The smallest absolute Gasteiger partial charge is 0.240 e. The number of halogens is 1. The molecule has 1 amide bonds. The normalized spacial score (nSPS) is 15.1. The molecule has 3 N–H and O–H groups in total. The van der Waals surface area contributed by atoms with Crippen molar-refractivity contribution in [3.8, 4) is 11.5 Å². The molecule has 0 atom stereocenters. The lowest BCUT2D eigenvalue weighted by Gasteiger charge is -2.12. The Morgan fingerprint density at radius 3 is 2.57 bits per heavy atom. The van der Waals surface area contributed by atoms with Gasteiger partial charge in [-0.2, -0.15) is 0 Å². The number of nitrogens with two attached hydrogens (primary N) is 1. The second kappa shape index (κ2) is 6.01. The van der Waals surface area contributed by atoms with Crippen molar-refractivity contribution < 1.29 is 13.9 Å². The first-order valence-corrected chi connectivity index (χ1v) is 7.56. The summed E-state index contributed by atoms with van der Waals surface area (Å²) in [7, 11) is 0. The largest absolute Gasteiger partial charge is 0.457 e. The predicted molar refractivity (Wildman–Crippen MR) is 85.7 cm³/mol. The van der Waals surface area contributed by atoms with Crippen LogP contribution in [0.25, 0.3) is 0 Å². The predicted octanol–water partition coefficient (Wildman–Crippen LogP) is 3.03. The van der Waals surface area contributed by atoms with Gasteiger partial charge in [0.15, 0.2) is 0 Å². The molecule has 0 bridgehead atoms. The molecule has 0 spiro atoms. The number of aryl methyl sites for hydroxylation is 1. The zero-order valence-corrected chi connectivity index (χ0v) is 12.9. The molecule has 1 saturated carbocycles. The fourth-order valence-electron chi connectivity index (χ4n) is 2.29. The molecular formula is C18H19FN2O2. The summed E-state index contributed by atoms with van der Waals surface area (Å²) in [6.45, 7) is 2.37. The van der Waals surface area contributed by atoms with Gasteiger partial charge in [0.2, 0.25) is 5.91 Å². The Morgan fingerprint density at radius 2 is 1.96 bits per heavy atom. The van der Waals surface area contributed by atoms with E-state index in [0.29, 0.717) is 18.0 Å². The molecule has 4 nitrogen and oxygen atoms in total. The molecule has 120 valence electrons. The minimum Gasteiger partial charge on any atom is -0.457 e. The van der Waals surface area contributed by atoms with Gasteiger partial charge < -0.3 is 15.8 Å². The molecule has 5 heteroatoms. The van der Waals surface area contributed by atoms with E-state index in [9.17, 15) is 9.18 Å². The van der Waals surface area contributed by atoms with Gasteiger partial charge in [-0.1, -0.05) is 12.1 Å². The van der Waals surface area contributed by atoms with E-state index in [-0.39, 0.29) is 11.7 Å². The molecule has 0 heterocycles. The first kappa shape index (κ1) is 15.5. The molecule has 2 aromatic carbocycles. The van der Waals surface area contributed by atoms with Crippen molar-refractivity contribution in [1.29, 1.82) is 0 Å². The van der Waals surface area contributed by atoms with Crippen LogP contribution >= 0.6 is 0 Å². The van der Waals surface area contributed by atoms with Crippen molar-refractivity contribution in [2.75, 3.05) is 0 Å². The quantitative estimate of drug-likeness (QED) is 0.891. The summed E-state index contributed by atoms with van der Waals surface area (Å²) < 4.78 is 18.6. The third kappa shape index (κ3) is 3.68. The lowest BCUT2D eigenvalue weighted by atomic mass is 10.1. The van der Waals surface area contributed by atoms with E-state index in [1.807, 2.05) is 25.1 Å². The Labute approximate surface area is 134 Å². The summed E-state index contributed by atoms with van der Waals surface area (Å²) in [6, 6.07) is 11.6. The van der Waals surface area contributed by atoms with Crippen LogP contribution in [0, 0.1) is 12.7 Å². The molecular weight excluding hydrogens is 295 g/mol. The van der Waals surface area contributed by atoms with Crippen LogP contribution in [0.3, 0.4) is 0 Å². The zero-order valence-electron chi connectivity index (χ0n) is 12.9. The van der Waals surface area contributed by atoms with Gasteiger partial charge in [-0.15, -0.1) is 0 Å². The highest BCUT2D eigenvalue weighted by molar-refractivity contribution is 5.88.